The maximum absolute atomic E-state index is 15.0. The molecule has 1 aromatic carbocycles. The second-order valence-corrected chi connectivity index (χ2v) is 9.44. The molecule has 217 valence electrons. The summed E-state index contributed by atoms with van der Waals surface area (Å²) in [6, 6.07) is 1.24. The molecular weight excluding hydrogens is 520 g/mol. The van der Waals surface area contributed by atoms with Crippen molar-refractivity contribution < 1.29 is 43.0 Å². The van der Waals surface area contributed by atoms with E-state index >= 15 is 8.78 Å². The van der Waals surface area contributed by atoms with Gasteiger partial charge in [0.2, 0.25) is 24.0 Å². The molecule has 0 aliphatic rings. The smallest absolute Gasteiger partial charge is 0.351 e. The number of rotatable bonds is 15. The highest BCUT2D eigenvalue weighted by Gasteiger charge is 2.51. The Hall–Kier alpha value is -3.49. The third-order valence-electron chi connectivity index (χ3n) is 5.80. The van der Waals surface area contributed by atoms with E-state index in [9.17, 15) is 29.1 Å². The van der Waals surface area contributed by atoms with Crippen molar-refractivity contribution in [2.45, 2.75) is 76.4 Å². The molecular formula is C25H36F2N5O7. The number of aliphatic hydroxyl groups excluding tert-OH is 2. The number of nitrogens with one attached hydrogen (secondary N) is 4. The van der Waals surface area contributed by atoms with Crippen LogP contribution in [0.3, 0.4) is 0 Å². The van der Waals surface area contributed by atoms with Crippen molar-refractivity contribution in [3.05, 3.63) is 35.9 Å². The lowest BCUT2D eigenvalue weighted by Crippen LogP contribution is -2.61. The molecule has 4 amide bonds. The standard InChI is InChI=1S/C25H36F2N5O7/c1-13(2)19(12-34)32-24(39)25(26,27)20(35)18(10-16-8-6-5-7-9-16)31-22(37)15(4)29-21(36)14(3)30-23(38)17(28)11-33/h5-9,13-15,17-20,33,35H,10-11,28H2,1-4H3,(H,29,36)(H,30,38)(H,31,37)(H,32,39). The molecule has 0 spiro atoms. The SMILES string of the molecule is CC(NC(=O)C(N)CO)C(=O)NC(C)C(=O)NC(Cc1ccccc1)C(O)C(F)(F)C(=O)NC([C]=O)C(C)C. The fraction of sp³-hybridized carbons (Fsp3) is 0.560. The van der Waals surface area contributed by atoms with Gasteiger partial charge in [-0.15, -0.1) is 0 Å². The minimum absolute atomic E-state index is 0.309. The molecule has 0 aliphatic carbocycles. The number of halogens is 2. The van der Waals surface area contributed by atoms with Crippen molar-refractivity contribution in [3.8, 4) is 0 Å². The summed E-state index contributed by atoms with van der Waals surface area (Å²) in [6.07, 6.45) is -1.57. The van der Waals surface area contributed by atoms with Crippen LogP contribution in [0.1, 0.15) is 33.3 Å². The van der Waals surface area contributed by atoms with Gasteiger partial charge < -0.3 is 37.2 Å². The number of amides is 4. The Morgan fingerprint density at radius 1 is 0.923 bits per heavy atom. The number of nitrogens with two attached hydrogens (primary N) is 1. The largest absolute Gasteiger partial charge is 0.394 e. The number of carbonyl (C=O) groups excluding carboxylic acids is 5. The molecule has 0 aliphatic heterocycles. The van der Waals surface area contributed by atoms with Crippen molar-refractivity contribution in [2.24, 2.45) is 11.7 Å². The summed E-state index contributed by atoms with van der Waals surface area (Å²) in [5, 5.41) is 28.1. The summed E-state index contributed by atoms with van der Waals surface area (Å²) in [6.45, 7) is 4.89. The molecule has 14 heteroatoms. The predicted molar refractivity (Wildman–Crippen MR) is 136 cm³/mol. The monoisotopic (exact) mass is 556 g/mol. The minimum Gasteiger partial charge on any atom is -0.394 e. The molecule has 0 bridgehead atoms. The molecule has 1 rings (SSSR count). The van der Waals surface area contributed by atoms with E-state index in [1.807, 2.05) is 5.32 Å². The Morgan fingerprint density at radius 2 is 1.44 bits per heavy atom. The van der Waals surface area contributed by atoms with Crippen LogP contribution in [0.15, 0.2) is 30.3 Å². The van der Waals surface area contributed by atoms with E-state index < -0.39 is 78.4 Å². The van der Waals surface area contributed by atoms with E-state index in [0.717, 1.165) is 0 Å². The van der Waals surface area contributed by atoms with E-state index in [-0.39, 0.29) is 6.42 Å². The summed E-state index contributed by atoms with van der Waals surface area (Å²) >= 11 is 0. The van der Waals surface area contributed by atoms with E-state index in [1.54, 1.807) is 30.3 Å². The second-order valence-electron chi connectivity index (χ2n) is 9.44. The topological polar surface area (TPSA) is 200 Å². The molecule has 0 saturated heterocycles. The molecule has 0 heterocycles. The molecule has 6 atom stereocenters. The van der Waals surface area contributed by atoms with Crippen molar-refractivity contribution >= 4 is 29.9 Å². The average molecular weight is 557 g/mol. The third kappa shape index (κ3) is 9.96. The van der Waals surface area contributed by atoms with Crippen molar-refractivity contribution in [2.75, 3.05) is 6.61 Å². The summed E-state index contributed by atoms with van der Waals surface area (Å²) in [7, 11) is 0. The van der Waals surface area contributed by atoms with Crippen LogP contribution in [0.5, 0.6) is 0 Å². The van der Waals surface area contributed by atoms with E-state index in [2.05, 4.69) is 16.0 Å². The number of hydrogen-bond acceptors (Lipinski definition) is 8. The summed E-state index contributed by atoms with van der Waals surface area (Å²) < 4.78 is 30.1. The Morgan fingerprint density at radius 3 is 1.92 bits per heavy atom. The van der Waals surface area contributed by atoms with Gasteiger partial charge in [0, 0.05) is 0 Å². The maximum atomic E-state index is 15.0. The highest BCUT2D eigenvalue weighted by atomic mass is 19.3. The zero-order valence-electron chi connectivity index (χ0n) is 22.1. The molecule has 0 fully saturated rings. The van der Waals surface area contributed by atoms with Gasteiger partial charge in [0.1, 0.15) is 24.2 Å². The molecule has 12 nitrogen and oxygen atoms in total. The minimum atomic E-state index is -4.42. The van der Waals surface area contributed by atoms with Crippen LogP contribution >= 0.6 is 0 Å². The lowest BCUT2D eigenvalue weighted by molar-refractivity contribution is -0.168. The first-order chi connectivity index (χ1) is 18.1. The number of alkyl halides is 2. The van der Waals surface area contributed by atoms with Gasteiger partial charge in [-0.3, -0.25) is 24.0 Å². The summed E-state index contributed by atoms with van der Waals surface area (Å²) in [5.74, 6) is -9.48. The maximum Gasteiger partial charge on any atom is 0.351 e. The van der Waals surface area contributed by atoms with E-state index in [0.29, 0.717) is 5.56 Å². The van der Waals surface area contributed by atoms with Crippen LogP contribution in [0.4, 0.5) is 8.78 Å². The van der Waals surface area contributed by atoms with Crippen LogP contribution in [0, 0.1) is 5.92 Å². The van der Waals surface area contributed by atoms with Gasteiger partial charge in [0.25, 0.3) is 5.91 Å². The van der Waals surface area contributed by atoms with E-state index in [4.69, 9.17) is 10.8 Å². The Labute approximate surface area is 225 Å². The third-order valence-corrected chi connectivity index (χ3v) is 5.80. The normalized spacial score (nSPS) is 16.2. The molecule has 1 aromatic rings. The fourth-order valence-electron chi connectivity index (χ4n) is 3.25. The Balaban J connectivity index is 3.05. The molecule has 0 aromatic heterocycles. The van der Waals surface area contributed by atoms with Crippen LogP contribution < -0.4 is 27.0 Å². The zero-order chi connectivity index (χ0) is 29.9. The molecule has 6 unspecified atom stereocenters. The van der Waals surface area contributed by atoms with Crippen LogP contribution in [-0.2, 0) is 30.4 Å². The number of benzene rings is 1. The van der Waals surface area contributed by atoms with Gasteiger partial charge in [-0.05, 0) is 31.7 Å². The fourth-order valence-corrected chi connectivity index (χ4v) is 3.25. The van der Waals surface area contributed by atoms with Crippen LogP contribution in [0.2, 0.25) is 0 Å². The summed E-state index contributed by atoms with van der Waals surface area (Å²) in [4.78, 5) is 60.3. The second kappa shape index (κ2) is 15.2. The predicted octanol–water partition coefficient (Wildman–Crippen LogP) is -1.71. The molecule has 0 saturated carbocycles. The van der Waals surface area contributed by atoms with Gasteiger partial charge in [-0.1, -0.05) is 44.2 Å². The van der Waals surface area contributed by atoms with Gasteiger partial charge >= 0.3 is 5.92 Å². The first-order valence-corrected chi connectivity index (χ1v) is 12.2. The molecule has 1 radical (unpaired) electrons. The molecule has 8 N–H and O–H groups in total. The van der Waals surface area contributed by atoms with Gasteiger partial charge in [-0.2, -0.15) is 8.78 Å². The van der Waals surface area contributed by atoms with Crippen molar-refractivity contribution in [1.82, 2.24) is 21.3 Å². The van der Waals surface area contributed by atoms with Crippen molar-refractivity contribution in [3.63, 3.8) is 0 Å². The quantitative estimate of drug-likeness (QED) is 0.132. The number of hydrogen-bond donors (Lipinski definition) is 7. The summed E-state index contributed by atoms with van der Waals surface area (Å²) in [5.41, 5.74) is 5.83. The zero-order valence-corrected chi connectivity index (χ0v) is 22.1. The van der Waals surface area contributed by atoms with Gasteiger partial charge in [0.15, 0.2) is 0 Å². The first-order valence-electron chi connectivity index (χ1n) is 12.2. The van der Waals surface area contributed by atoms with Gasteiger partial charge in [0.05, 0.1) is 18.7 Å². The lowest BCUT2D eigenvalue weighted by Gasteiger charge is -2.31. The number of carbonyl (C=O) groups is 4. The van der Waals surface area contributed by atoms with Crippen LogP contribution in [-0.4, -0.2) is 89.0 Å². The van der Waals surface area contributed by atoms with Crippen molar-refractivity contribution in [1.29, 1.82) is 0 Å². The van der Waals surface area contributed by atoms with E-state index in [1.165, 1.54) is 34.0 Å². The Bertz CT molecular complexity index is 996. The average Bonchev–Trinajstić information content (AvgIpc) is 2.90. The lowest BCUT2D eigenvalue weighted by atomic mass is 9.95. The Kier molecular flexibility index (Phi) is 13.1. The first kappa shape index (κ1) is 33.5. The highest BCUT2D eigenvalue weighted by Crippen LogP contribution is 2.24. The van der Waals surface area contributed by atoms with Crippen LogP contribution in [0.25, 0.3) is 0 Å². The highest BCUT2D eigenvalue weighted by molar-refractivity contribution is 5.93. The molecule has 39 heavy (non-hydrogen) atoms. The number of aliphatic hydroxyl groups is 2. The van der Waals surface area contributed by atoms with Gasteiger partial charge in [-0.25, -0.2) is 0 Å².